The Balaban J connectivity index is 1.48. The molecule has 0 radical (unpaired) electrons. The maximum Gasteiger partial charge on any atom is 0.246 e. The summed E-state index contributed by atoms with van der Waals surface area (Å²) in [6.07, 6.45) is 0. The molecule has 152 valence electrons. The summed E-state index contributed by atoms with van der Waals surface area (Å²) in [5, 5.41) is 9.32. The maximum absolute atomic E-state index is 13.2. The van der Waals surface area contributed by atoms with Crippen LogP contribution in [0.1, 0.15) is 21.5 Å². The van der Waals surface area contributed by atoms with E-state index in [9.17, 15) is 9.18 Å². The number of anilines is 1. The molecule has 0 bridgehead atoms. The first-order chi connectivity index (χ1) is 14.6. The van der Waals surface area contributed by atoms with Crippen LogP contribution in [0.15, 0.2) is 72.1 Å². The first-order valence-corrected chi connectivity index (χ1v) is 11.1. The minimum atomic E-state index is -0.539. The van der Waals surface area contributed by atoms with Crippen molar-refractivity contribution in [1.29, 1.82) is 0 Å². The molecule has 0 spiro atoms. The SMILES string of the molecule is Cc1nc(-c2ccc(CN[C@H](C(=O)Nc3ccc(F)cc3)c3ccccc3)s2)cs1. The van der Waals surface area contributed by atoms with Crippen LogP contribution in [0.2, 0.25) is 0 Å². The number of rotatable bonds is 7. The average Bonchev–Trinajstić information content (AvgIpc) is 3.40. The van der Waals surface area contributed by atoms with E-state index in [4.69, 9.17) is 0 Å². The third-order valence-electron chi connectivity index (χ3n) is 4.52. The highest BCUT2D eigenvalue weighted by molar-refractivity contribution is 7.16. The summed E-state index contributed by atoms with van der Waals surface area (Å²) in [4.78, 5) is 19.7. The van der Waals surface area contributed by atoms with E-state index in [2.05, 4.69) is 33.1 Å². The zero-order valence-corrected chi connectivity index (χ0v) is 17.9. The molecule has 4 rings (SSSR count). The Kier molecular flexibility index (Phi) is 6.32. The van der Waals surface area contributed by atoms with Crippen LogP contribution in [0.5, 0.6) is 0 Å². The lowest BCUT2D eigenvalue weighted by molar-refractivity contribution is -0.118. The van der Waals surface area contributed by atoms with E-state index in [1.165, 1.54) is 12.1 Å². The Hall–Kier alpha value is -2.87. The number of carbonyl (C=O) groups is 1. The molecule has 0 unspecified atom stereocenters. The molecule has 0 fully saturated rings. The molecule has 2 heterocycles. The Morgan fingerprint density at radius 2 is 1.83 bits per heavy atom. The Morgan fingerprint density at radius 1 is 1.07 bits per heavy atom. The second kappa shape index (κ2) is 9.30. The summed E-state index contributed by atoms with van der Waals surface area (Å²) in [7, 11) is 0. The molecule has 2 N–H and O–H groups in total. The second-order valence-electron chi connectivity index (χ2n) is 6.74. The fourth-order valence-corrected chi connectivity index (χ4v) is 4.65. The highest BCUT2D eigenvalue weighted by Gasteiger charge is 2.20. The fourth-order valence-electron chi connectivity index (χ4n) is 3.04. The molecule has 0 saturated heterocycles. The van der Waals surface area contributed by atoms with E-state index < -0.39 is 6.04 Å². The number of thiazole rings is 1. The van der Waals surface area contributed by atoms with Crippen molar-refractivity contribution >= 4 is 34.3 Å². The van der Waals surface area contributed by atoms with E-state index in [0.717, 1.165) is 26.0 Å². The minimum absolute atomic E-state index is 0.195. The van der Waals surface area contributed by atoms with Crippen LogP contribution in [-0.4, -0.2) is 10.9 Å². The summed E-state index contributed by atoms with van der Waals surface area (Å²) in [6, 6.07) is 18.9. The molecular formula is C23H20FN3OS2. The summed E-state index contributed by atoms with van der Waals surface area (Å²) in [5.41, 5.74) is 2.41. The van der Waals surface area contributed by atoms with Gasteiger partial charge >= 0.3 is 0 Å². The van der Waals surface area contributed by atoms with Crippen LogP contribution in [0.4, 0.5) is 10.1 Å². The van der Waals surface area contributed by atoms with Crippen molar-refractivity contribution in [2.24, 2.45) is 0 Å². The number of aryl methyl sites for hydroxylation is 1. The Labute approximate surface area is 182 Å². The minimum Gasteiger partial charge on any atom is -0.324 e. The van der Waals surface area contributed by atoms with Gasteiger partial charge in [-0.3, -0.25) is 10.1 Å². The predicted octanol–water partition coefficient (Wildman–Crippen LogP) is 5.79. The van der Waals surface area contributed by atoms with Crippen molar-refractivity contribution < 1.29 is 9.18 Å². The number of thiophene rings is 1. The van der Waals surface area contributed by atoms with E-state index >= 15 is 0 Å². The first kappa shape index (κ1) is 20.4. The molecule has 2 aromatic heterocycles. The molecule has 4 nitrogen and oxygen atoms in total. The van der Waals surface area contributed by atoms with Crippen molar-refractivity contribution in [2.45, 2.75) is 19.5 Å². The van der Waals surface area contributed by atoms with E-state index in [0.29, 0.717) is 12.2 Å². The molecule has 30 heavy (non-hydrogen) atoms. The van der Waals surface area contributed by atoms with Crippen molar-refractivity contribution in [3.8, 4) is 10.6 Å². The third-order valence-corrected chi connectivity index (χ3v) is 6.40. The lowest BCUT2D eigenvalue weighted by Gasteiger charge is -2.18. The van der Waals surface area contributed by atoms with Gasteiger partial charge in [0.15, 0.2) is 0 Å². The van der Waals surface area contributed by atoms with Crippen LogP contribution in [-0.2, 0) is 11.3 Å². The van der Waals surface area contributed by atoms with E-state index in [1.54, 1.807) is 34.8 Å². The fraction of sp³-hybridized carbons (Fsp3) is 0.130. The number of aromatic nitrogens is 1. The number of benzene rings is 2. The van der Waals surface area contributed by atoms with Crippen LogP contribution >= 0.6 is 22.7 Å². The molecule has 0 aliphatic heterocycles. The van der Waals surface area contributed by atoms with Crippen molar-refractivity contribution in [1.82, 2.24) is 10.3 Å². The van der Waals surface area contributed by atoms with Gasteiger partial charge in [-0.25, -0.2) is 9.37 Å². The van der Waals surface area contributed by atoms with Gasteiger partial charge in [0.1, 0.15) is 11.9 Å². The van der Waals surface area contributed by atoms with Crippen molar-refractivity contribution in [2.75, 3.05) is 5.32 Å². The lowest BCUT2D eigenvalue weighted by atomic mass is 10.1. The third kappa shape index (κ3) is 4.99. The van der Waals surface area contributed by atoms with Gasteiger partial charge in [0.05, 0.1) is 15.6 Å². The topological polar surface area (TPSA) is 54.0 Å². The largest absolute Gasteiger partial charge is 0.324 e. The number of hydrogen-bond donors (Lipinski definition) is 2. The van der Waals surface area contributed by atoms with Gasteiger partial charge in [0, 0.05) is 22.5 Å². The number of hydrogen-bond acceptors (Lipinski definition) is 5. The maximum atomic E-state index is 13.2. The number of carbonyl (C=O) groups excluding carboxylic acids is 1. The predicted molar refractivity (Wildman–Crippen MR) is 121 cm³/mol. The Morgan fingerprint density at radius 3 is 2.53 bits per heavy atom. The highest BCUT2D eigenvalue weighted by Crippen LogP contribution is 2.29. The molecule has 7 heteroatoms. The average molecular weight is 438 g/mol. The van der Waals surface area contributed by atoms with E-state index in [1.807, 2.05) is 37.3 Å². The first-order valence-electron chi connectivity index (χ1n) is 9.44. The summed E-state index contributed by atoms with van der Waals surface area (Å²) >= 11 is 3.30. The molecule has 0 aliphatic carbocycles. The smallest absolute Gasteiger partial charge is 0.246 e. The van der Waals surface area contributed by atoms with Gasteiger partial charge in [0.25, 0.3) is 0 Å². The quantitative estimate of drug-likeness (QED) is 0.385. The van der Waals surface area contributed by atoms with Gasteiger partial charge in [-0.05, 0) is 48.9 Å². The van der Waals surface area contributed by atoms with Crippen LogP contribution in [0.25, 0.3) is 10.6 Å². The molecule has 1 atom stereocenters. The monoisotopic (exact) mass is 437 g/mol. The van der Waals surface area contributed by atoms with E-state index in [-0.39, 0.29) is 11.7 Å². The zero-order chi connectivity index (χ0) is 20.9. The molecular weight excluding hydrogens is 417 g/mol. The van der Waals surface area contributed by atoms with Gasteiger partial charge < -0.3 is 5.32 Å². The molecule has 0 saturated carbocycles. The van der Waals surface area contributed by atoms with Crippen molar-refractivity contribution in [3.63, 3.8) is 0 Å². The van der Waals surface area contributed by atoms with Crippen LogP contribution < -0.4 is 10.6 Å². The lowest BCUT2D eigenvalue weighted by Crippen LogP contribution is -2.32. The zero-order valence-electron chi connectivity index (χ0n) is 16.3. The van der Waals surface area contributed by atoms with Gasteiger partial charge in [-0.1, -0.05) is 30.3 Å². The van der Waals surface area contributed by atoms with Crippen LogP contribution in [0, 0.1) is 12.7 Å². The van der Waals surface area contributed by atoms with Crippen molar-refractivity contribution in [3.05, 3.63) is 93.4 Å². The summed E-state index contributed by atoms with van der Waals surface area (Å²) < 4.78 is 13.2. The molecule has 0 aliphatic rings. The number of amides is 1. The number of nitrogens with zero attached hydrogens (tertiary/aromatic N) is 1. The summed E-state index contributed by atoms with van der Waals surface area (Å²) in [5.74, 6) is -0.533. The van der Waals surface area contributed by atoms with Gasteiger partial charge in [0.2, 0.25) is 5.91 Å². The Bertz CT molecular complexity index is 1120. The second-order valence-corrected chi connectivity index (χ2v) is 8.97. The standard InChI is InChI=1S/C23H20FN3OS2/c1-15-26-20(14-29-15)21-12-11-19(30-21)13-25-22(16-5-3-2-4-6-16)23(28)27-18-9-7-17(24)8-10-18/h2-12,14,22,25H,13H2,1H3,(H,27,28)/t22-/m0/s1. The highest BCUT2D eigenvalue weighted by atomic mass is 32.1. The normalized spacial score (nSPS) is 11.9. The molecule has 1 amide bonds. The number of nitrogens with one attached hydrogen (secondary N) is 2. The number of halogens is 1. The molecule has 4 aromatic rings. The molecule has 2 aromatic carbocycles. The summed E-state index contributed by atoms with van der Waals surface area (Å²) in [6.45, 7) is 2.54. The van der Waals surface area contributed by atoms with Crippen LogP contribution in [0.3, 0.4) is 0 Å². The van der Waals surface area contributed by atoms with Gasteiger partial charge in [-0.2, -0.15) is 0 Å². The van der Waals surface area contributed by atoms with Gasteiger partial charge in [-0.15, -0.1) is 22.7 Å².